The van der Waals surface area contributed by atoms with Gasteiger partial charge < -0.3 is 54.9 Å². The van der Waals surface area contributed by atoms with E-state index >= 15 is 0 Å². The van der Waals surface area contributed by atoms with Crippen LogP contribution in [0.4, 0.5) is 0 Å². The first-order chi connectivity index (χ1) is 15.2. The fourth-order valence-corrected chi connectivity index (χ4v) is 3.91. The Hall–Kier alpha value is -0.580. The number of nitrogens with one attached hydrogen (secondary N) is 1. The van der Waals surface area contributed by atoms with Gasteiger partial charge in [-0.05, 0) is 18.6 Å². The van der Waals surface area contributed by atoms with Crippen LogP contribution in [0.1, 0.15) is 26.2 Å². The number of hydrogen-bond donors (Lipinski definition) is 8. The minimum atomic E-state index is -1.71. The highest BCUT2D eigenvalue weighted by Gasteiger charge is 2.51. The van der Waals surface area contributed by atoms with E-state index in [1.165, 1.54) is 6.92 Å². The highest BCUT2D eigenvalue weighted by atomic mass is 32.1. The van der Waals surface area contributed by atoms with Gasteiger partial charge in [0.1, 0.15) is 48.8 Å². The molecule has 0 spiro atoms. The fourth-order valence-electron chi connectivity index (χ4n) is 3.69. The Balaban J connectivity index is 2.19. The number of aliphatic hydroxyl groups excluding tert-OH is 6. The summed E-state index contributed by atoms with van der Waals surface area (Å²) in [5.41, 5.74) is 0. The summed E-state index contributed by atoms with van der Waals surface area (Å²) >= 11 is 4.15. The van der Waals surface area contributed by atoms with Crippen LogP contribution in [0, 0.1) is 0 Å². The third-order valence-corrected chi connectivity index (χ3v) is 5.76. The normalized spacial score (nSPS) is 40.2. The molecule has 0 aliphatic carbocycles. The molecule has 2 saturated heterocycles. The molecule has 7 N–H and O–H groups in total. The lowest BCUT2D eigenvalue weighted by molar-refractivity contribution is -0.344. The SMILES string of the molecule is CC(=O)NC1[C@@H](OCCCCCS)OC(CO)[C@H](O)[C@@H]1O[C@@H]1OC(CO)[C@H](O)C(O)[C@@H]1O. The van der Waals surface area contributed by atoms with E-state index in [4.69, 9.17) is 18.9 Å². The van der Waals surface area contributed by atoms with Crippen molar-refractivity contribution in [2.45, 2.75) is 87.5 Å². The summed E-state index contributed by atoms with van der Waals surface area (Å²) in [6, 6.07) is -1.05. The van der Waals surface area contributed by atoms with Crippen molar-refractivity contribution >= 4 is 18.5 Å². The van der Waals surface area contributed by atoms with Crippen molar-refractivity contribution in [3.63, 3.8) is 0 Å². The van der Waals surface area contributed by atoms with Crippen LogP contribution >= 0.6 is 12.6 Å². The van der Waals surface area contributed by atoms with Crippen molar-refractivity contribution in [2.75, 3.05) is 25.6 Å². The lowest BCUT2D eigenvalue weighted by atomic mass is 9.95. The summed E-state index contributed by atoms with van der Waals surface area (Å²) in [5.74, 6) is 0.265. The Morgan fingerprint density at radius 3 is 2.12 bits per heavy atom. The molecule has 13 heteroatoms. The third kappa shape index (κ3) is 6.96. The summed E-state index contributed by atoms with van der Waals surface area (Å²) in [4.78, 5) is 11.8. The van der Waals surface area contributed by atoms with Gasteiger partial charge in [-0.3, -0.25) is 4.79 Å². The van der Waals surface area contributed by atoms with Crippen LogP contribution in [0.5, 0.6) is 0 Å². The second-order valence-electron chi connectivity index (χ2n) is 7.90. The maximum atomic E-state index is 11.8. The molecule has 2 aliphatic heterocycles. The zero-order valence-corrected chi connectivity index (χ0v) is 18.8. The number of carbonyl (C=O) groups is 1. The largest absolute Gasteiger partial charge is 0.394 e. The van der Waals surface area contributed by atoms with Gasteiger partial charge in [-0.1, -0.05) is 6.42 Å². The molecule has 188 valence electrons. The van der Waals surface area contributed by atoms with E-state index in [0.29, 0.717) is 6.42 Å². The fraction of sp³-hybridized carbons (Fsp3) is 0.947. The first-order valence-corrected chi connectivity index (χ1v) is 11.3. The smallest absolute Gasteiger partial charge is 0.217 e. The number of hydrogen-bond acceptors (Lipinski definition) is 12. The molecule has 1 amide bonds. The molecule has 32 heavy (non-hydrogen) atoms. The minimum absolute atomic E-state index is 0.273. The number of rotatable bonds is 11. The van der Waals surface area contributed by atoms with Crippen molar-refractivity contribution in [3.05, 3.63) is 0 Å². The van der Waals surface area contributed by atoms with Gasteiger partial charge in [0.2, 0.25) is 5.91 Å². The van der Waals surface area contributed by atoms with Gasteiger partial charge in [0.05, 0.1) is 13.2 Å². The van der Waals surface area contributed by atoms with Gasteiger partial charge in [-0.25, -0.2) is 0 Å². The molecule has 4 unspecified atom stereocenters. The molecule has 0 aromatic heterocycles. The number of ether oxygens (including phenoxy) is 4. The van der Waals surface area contributed by atoms with Crippen molar-refractivity contribution in [2.24, 2.45) is 0 Å². The highest BCUT2D eigenvalue weighted by Crippen LogP contribution is 2.29. The number of thiol groups is 1. The zero-order valence-electron chi connectivity index (χ0n) is 17.9. The molecule has 2 aliphatic rings. The molecule has 2 fully saturated rings. The van der Waals surface area contributed by atoms with Gasteiger partial charge in [-0.15, -0.1) is 0 Å². The maximum Gasteiger partial charge on any atom is 0.217 e. The van der Waals surface area contributed by atoms with Crippen LogP contribution in [-0.2, 0) is 23.7 Å². The Morgan fingerprint density at radius 1 is 0.906 bits per heavy atom. The Morgan fingerprint density at radius 2 is 1.53 bits per heavy atom. The minimum Gasteiger partial charge on any atom is -0.394 e. The van der Waals surface area contributed by atoms with Gasteiger partial charge >= 0.3 is 0 Å². The second kappa shape index (κ2) is 13.3. The summed E-state index contributed by atoms with van der Waals surface area (Å²) in [6.45, 7) is 0.282. The van der Waals surface area contributed by atoms with E-state index in [1.807, 2.05) is 0 Å². The Kier molecular flexibility index (Phi) is 11.5. The van der Waals surface area contributed by atoms with Gasteiger partial charge in [0.15, 0.2) is 12.6 Å². The molecule has 12 nitrogen and oxygen atoms in total. The monoisotopic (exact) mass is 485 g/mol. The summed E-state index contributed by atoms with van der Waals surface area (Å²) in [7, 11) is 0. The zero-order chi connectivity index (χ0) is 23.8. The van der Waals surface area contributed by atoms with Crippen molar-refractivity contribution in [3.8, 4) is 0 Å². The molecule has 0 bridgehead atoms. The van der Waals surface area contributed by atoms with Crippen LogP contribution in [0.25, 0.3) is 0 Å². The average molecular weight is 486 g/mol. The number of carbonyl (C=O) groups excluding carboxylic acids is 1. The van der Waals surface area contributed by atoms with Gasteiger partial charge in [0.25, 0.3) is 0 Å². The van der Waals surface area contributed by atoms with E-state index in [0.717, 1.165) is 18.6 Å². The average Bonchev–Trinajstić information content (AvgIpc) is 2.76. The molecule has 0 aromatic rings. The molecule has 0 aromatic carbocycles. The van der Waals surface area contributed by atoms with Crippen LogP contribution in [0.3, 0.4) is 0 Å². The molecule has 10 atom stereocenters. The van der Waals surface area contributed by atoms with E-state index < -0.39 is 80.5 Å². The van der Waals surface area contributed by atoms with E-state index in [1.54, 1.807) is 0 Å². The summed E-state index contributed by atoms with van der Waals surface area (Å²) in [6.07, 6.45) is -10.3. The second-order valence-corrected chi connectivity index (χ2v) is 8.34. The number of aliphatic hydroxyl groups is 6. The van der Waals surface area contributed by atoms with Crippen LogP contribution in [-0.4, -0.2) is 123 Å². The van der Waals surface area contributed by atoms with Crippen molar-refractivity contribution in [1.82, 2.24) is 5.32 Å². The van der Waals surface area contributed by atoms with Crippen molar-refractivity contribution in [1.29, 1.82) is 0 Å². The van der Waals surface area contributed by atoms with Crippen molar-refractivity contribution < 1.29 is 54.4 Å². The molecular weight excluding hydrogens is 450 g/mol. The molecule has 0 saturated carbocycles. The van der Waals surface area contributed by atoms with Crippen LogP contribution in [0.15, 0.2) is 0 Å². The third-order valence-electron chi connectivity index (χ3n) is 5.45. The van der Waals surface area contributed by atoms with E-state index in [9.17, 15) is 35.4 Å². The molecule has 2 rings (SSSR count). The van der Waals surface area contributed by atoms with E-state index in [-0.39, 0.29) is 6.61 Å². The van der Waals surface area contributed by atoms with Gasteiger partial charge in [0, 0.05) is 13.5 Å². The van der Waals surface area contributed by atoms with Gasteiger partial charge in [-0.2, -0.15) is 12.6 Å². The number of amides is 1. The lowest BCUT2D eigenvalue weighted by Gasteiger charge is -2.47. The topological polar surface area (TPSA) is 187 Å². The highest BCUT2D eigenvalue weighted by molar-refractivity contribution is 7.80. The van der Waals surface area contributed by atoms with Crippen LogP contribution in [0.2, 0.25) is 0 Å². The number of unbranched alkanes of at least 4 members (excludes halogenated alkanes) is 2. The first kappa shape index (κ1) is 27.7. The first-order valence-electron chi connectivity index (χ1n) is 10.6. The Labute approximate surface area is 191 Å². The van der Waals surface area contributed by atoms with E-state index in [2.05, 4.69) is 17.9 Å². The summed E-state index contributed by atoms with van der Waals surface area (Å²) < 4.78 is 22.5. The molecule has 2 heterocycles. The van der Waals surface area contributed by atoms with Crippen LogP contribution < -0.4 is 5.32 Å². The predicted molar refractivity (Wildman–Crippen MR) is 112 cm³/mol. The quantitative estimate of drug-likeness (QED) is 0.109. The molecular formula is C19H35NO11S. The predicted octanol–water partition coefficient (Wildman–Crippen LogP) is -3.13. The standard InChI is InChI=1S/C19H35NO11S/c1-9(23)20-12-17(31-19-16(27)15(26)13(24)10(7-21)30-19)14(25)11(8-22)29-18(12)28-5-3-2-4-6-32/h10-19,21-22,24-27,32H,2-8H2,1H3,(H,20,23)/t10?,11?,12?,13-,14-,15?,16-,17+,18-,19-/m0/s1. The summed E-state index contributed by atoms with van der Waals surface area (Å²) in [5, 5.41) is 62.6. The molecule has 0 radical (unpaired) electrons. The lowest BCUT2D eigenvalue weighted by Crippen LogP contribution is -2.68. The maximum absolute atomic E-state index is 11.8. The Bertz CT molecular complexity index is 571.